The van der Waals surface area contributed by atoms with Crippen molar-refractivity contribution >= 4 is 10.0 Å². The summed E-state index contributed by atoms with van der Waals surface area (Å²) in [6.07, 6.45) is 1.41. The molecular formula is C10H13N3O4S. The summed E-state index contributed by atoms with van der Waals surface area (Å²) < 4.78 is 36.3. The van der Waals surface area contributed by atoms with Crippen LogP contribution in [-0.4, -0.2) is 18.6 Å². The molecule has 2 rings (SSSR count). The van der Waals surface area contributed by atoms with Gasteiger partial charge in [-0.2, -0.15) is 0 Å². The first-order valence-corrected chi connectivity index (χ1v) is 6.72. The highest BCUT2D eigenvalue weighted by atomic mass is 32.2. The Labute approximate surface area is 104 Å². The van der Waals surface area contributed by atoms with Gasteiger partial charge in [-0.05, 0) is 13.8 Å². The molecular weight excluding hydrogens is 258 g/mol. The van der Waals surface area contributed by atoms with E-state index in [1.165, 1.54) is 6.26 Å². The fourth-order valence-corrected chi connectivity index (χ4v) is 2.91. The van der Waals surface area contributed by atoms with Gasteiger partial charge >= 0.3 is 0 Å². The molecule has 0 atom stereocenters. The number of hydrogen-bond donors (Lipinski definition) is 1. The van der Waals surface area contributed by atoms with E-state index in [1.807, 2.05) is 0 Å². The number of aromatic nitrogens is 2. The van der Waals surface area contributed by atoms with Crippen molar-refractivity contribution in [1.82, 2.24) is 14.9 Å². The Kier molecular flexibility index (Phi) is 3.22. The molecule has 0 unspecified atom stereocenters. The van der Waals surface area contributed by atoms with Crippen molar-refractivity contribution in [2.75, 3.05) is 0 Å². The molecule has 2 heterocycles. The molecule has 0 amide bonds. The highest BCUT2D eigenvalue weighted by Gasteiger charge is 2.24. The van der Waals surface area contributed by atoms with E-state index < -0.39 is 10.0 Å². The second kappa shape index (κ2) is 4.54. The molecule has 0 aliphatic carbocycles. The first-order valence-electron chi connectivity index (χ1n) is 5.23. The van der Waals surface area contributed by atoms with Crippen LogP contribution in [0.2, 0.25) is 0 Å². The maximum Gasteiger partial charge on any atom is 0.246 e. The molecule has 2 aromatic rings. The molecule has 0 aromatic carbocycles. The molecule has 2 aromatic heterocycles. The summed E-state index contributed by atoms with van der Waals surface area (Å²) in [7, 11) is -3.66. The second-order valence-electron chi connectivity index (χ2n) is 3.84. The number of sulfonamides is 1. The number of aryl methyl sites for hydroxylation is 3. The lowest BCUT2D eigenvalue weighted by Gasteiger charge is -2.03. The van der Waals surface area contributed by atoms with E-state index in [-0.39, 0.29) is 17.2 Å². The molecule has 7 nitrogen and oxygen atoms in total. The van der Waals surface area contributed by atoms with Crippen LogP contribution >= 0.6 is 0 Å². The molecule has 0 aliphatic rings. The standard InChI is InChI=1S/C10H13N3O4S/c1-6-10(7(2)17-13-6)18(14,15)11-4-9-5-16-8(3)12-9/h5,11H,4H2,1-3H3. The van der Waals surface area contributed by atoms with E-state index in [9.17, 15) is 8.42 Å². The minimum atomic E-state index is -3.66. The summed E-state index contributed by atoms with van der Waals surface area (Å²) in [5.41, 5.74) is 0.846. The van der Waals surface area contributed by atoms with Crippen LogP contribution in [0.15, 0.2) is 20.1 Å². The van der Waals surface area contributed by atoms with Gasteiger partial charge in [0.2, 0.25) is 10.0 Å². The zero-order chi connectivity index (χ0) is 13.3. The van der Waals surface area contributed by atoms with Crippen molar-refractivity contribution in [3.63, 3.8) is 0 Å². The Bertz CT molecular complexity index is 637. The molecule has 0 fully saturated rings. The third-order valence-corrected chi connectivity index (χ3v) is 3.99. The van der Waals surface area contributed by atoms with Crippen LogP contribution in [0, 0.1) is 20.8 Å². The molecule has 1 N–H and O–H groups in total. The van der Waals surface area contributed by atoms with Gasteiger partial charge in [-0.15, -0.1) is 0 Å². The first kappa shape index (κ1) is 12.8. The number of nitrogens with zero attached hydrogens (tertiary/aromatic N) is 2. The zero-order valence-corrected chi connectivity index (χ0v) is 11.0. The highest BCUT2D eigenvalue weighted by molar-refractivity contribution is 7.89. The topological polar surface area (TPSA) is 98.2 Å². The van der Waals surface area contributed by atoms with Crippen molar-refractivity contribution in [3.05, 3.63) is 29.3 Å². The zero-order valence-electron chi connectivity index (χ0n) is 10.2. The highest BCUT2D eigenvalue weighted by Crippen LogP contribution is 2.18. The van der Waals surface area contributed by atoms with Gasteiger partial charge < -0.3 is 8.94 Å². The summed E-state index contributed by atoms with van der Waals surface area (Å²) in [6, 6.07) is 0. The number of hydrogen-bond acceptors (Lipinski definition) is 6. The number of rotatable bonds is 4. The predicted molar refractivity (Wildman–Crippen MR) is 61.2 cm³/mol. The van der Waals surface area contributed by atoms with Crippen LogP contribution in [0.1, 0.15) is 23.0 Å². The fraction of sp³-hybridized carbons (Fsp3) is 0.400. The predicted octanol–water partition coefficient (Wildman–Crippen LogP) is 1.07. The average molecular weight is 271 g/mol. The van der Waals surface area contributed by atoms with Gasteiger partial charge in [-0.1, -0.05) is 5.16 Å². The largest absolute Gasteiger partial charge is 0.449 e. The van der Waals surface area contributed by atoms with Gasteiger partial charge in [0.1, 0.15) is 16.9 Å². The van der Waals surface area contributed by atoms with Crippen molar-refractivity contribution in [1.29, 1.82) is 0 Å². The Balaban J connectivity index is 2.18. The summed E-state index contributed by atoms with van der Waals surface area (Å²) in [6.45, 7) is 4.87. The van der Waals surface area contributed by atoms with Crippen molar-refractivity contribution < 1.29 is 17.4 Å². The SMILES string of the molecule is Cc1nc(CNS(=O)(=O)c2c(C)noc2C)co1. The number of oxazole rings is 1. The van der Waals surface area contributed by atoms with Crippen molar-refractivity contribution in [2.45, 2.75) is 32.2 Å². The second-order valence-corrected chi connectivity index (χ2v) is 5.54. The molecule has 8 heteroatoms. The summed E-state index contributed by atoms with van der Waals surface area (Å²) in [4.78, 5) is 4.08. The molecule has 0 saturated heterocycles. The minimum absolute atomic E-state index is 0.0593. The lowest BCUT2D eigenvalue weighted by atomic mass is 10.4. The van der Waals surface area contributed by atoms with E-state index >= 15 is 0 Å². The fourth-order valence-electron chi connectivity index (χ4n) is 1.59. The quantitative estimate of drug-likeness (QED) is 0.893. The Morgan fingerprint density at radius 2 is 2.06 bits per heavy atom. The van der Waals surface area contributed by atoms with Crippen LogP contribution in [0.25, 0.3) is 0 Å². The molecule has 18 heavy (non-hydrogen) atoms. The van der Waals surface area contributed by atoms with E-state index in [4.69, 9.17) is 8.94 Å². The lowest BCUT2D eigenvalue weighted by Crippen LogP contribution is -2.24. The Hall–Kier alpha value is -1.67. The van der Waals surface area contributed by atoms with Gasteiger partial charge in [0.25, 0.3) is 0 Å². The molecule has 0 bridgehead atoms. The normalized spacial score (nSPS) is 11.9. The van der Waals surface area contributed by atoms with E-state index in [0.29, 0.717) is 17.3 Å². The first-order chi connectivity index (χ1) is 8.40. The third-order valence-electron chi connectivity index (χ3n) is 2.35. The van der Waals surface area contributed by atoms with Crippen molar-refractivity contribution in [3.8, 4) is 0 Å². The van der Waals surface area contributed by atoms with Crippen molar-refractivity contribution in [2.24, 2.45) is 0 Å². The van der Waals surface area contributed by atoms with Crippen LogP contribution in [0.4, 0.5) is 0 Å². The molecule has 0 aliphatic heterocycles. The summed E-state index contributed by atoms with van der Waals surface area (Å²) in [5, 5.41) is 3.61. The van der Waals surface area contributed by atoms with Crippen LogP contribution < -0.4 is 4.72 Å². The van der Waals surface area contributed by atoms with Gasteiger partial charge in [0.05, 0.1) is 12.2 Å². The monoisotopic (exact) mass is 271 g/mol. The maximum absolute atomic E-state index is 12.0. The van der Waals surface area contributed by atoms with Gasteiger partial charge in [-0.3, -0.25) is 0 Å². The van der Waals surface area contributed by atoms with Crippen LogP contribution in [0.5, 0.6) is 0 Å². The third kappa shape index (κ3) is 2.44. The van der Waals surface area contributed by atoms with E-state index in [1.54, 1.807) is 20.8 Å². The lowest BCUT2D eigenvalue weighted by molar-refractivity contribution is 0.390. The Morgan fingerprint density at radius 1 is 1.33 bits per heavy atom. The van der Waals surface area contributed by atoms with E-state index in [2.05, 4.69) is 14.9 Å². The van der Waals surface area contributed by atoms with Gasteiger partial charge in [-0.25, -0.2) is 18.1 Å². The number of nitrogens with one attached hydrogen (secondary N) is 1. The van der Waals surface area contributed by atoms with Gasteiger partial charge in [0, 0.05) is 6.92 Å². The maximum atomic E-state index is 12.0. The average Bonchev–Trinajstić information content (AvgIpc) is 2.83. The van der Waals surface area contributed by atoms with Gasteiger partial charge in [0.15, 0.2) is 11.7 Å². The summed E-state index contributed by atoms with van der Waals surface area (Å²) in [5.74, 6) is 0.748. The molecule has 98 valence electrons. The van der Waals surface area contributed by atoms with Crippen LogP contribution in [-0.2, 0) is 16.6 Å². The van der Waals surface area contributed by atoms with Crippen LogP contribution in [0.3, 0.4) is 0 Å². The minimum Gasteiger partial charge on any atom is -0.449 e. The smallest absolute Gasteiger partial charge is 0.246 e. The Morgan fingerprint density at radius 3 is 2.56 bits per heavy atom. The molecule has 0 saturated carbocycles. The molecule has 0 radical (unpaired) electrons. The molecule has 0 spiro atoms. The van der Waals surface area contributed by atoms with E-state index in [0.717, 1.165) is 0 Å². The summed E-state index contributed by atoms with van der Waals surface area (Å²) >= 11 is 0.